The molecule has 0 aromatic carbocycles. The Hall–Kier alpha value is -0.970. The molecule has 1 aromatic heterocycles. The average molecular weight is 278 g/mol. The van der Waals surface area contributed by atoms with E-state index in [1.54, 1.807) is 0 Å². The highest BCUT2D eigenvalue weighted by Crippen LogP contribution is 2.36. The van der Waals surface area contributed by atoms with Crippen molar-refractivity contribution >= 4 is 16.9 Å². The first-order chi connectivity index (χ1) is 9.36. The predicted molar refractivity (Wildman–Crippen MR) is 80.6 cm³/mol. The van der Waals surface area contributed by atoms with Crippen molar-refractivity contribution in [3.8, 4) is 0 Å². The fraction of sp³-hybridized carbons (Fsp3) is 0.714. The molecule has 0 radical (unpaired) electrons. The molecule has 1 aromatic rings. The molecule has 4 nitrogen and oxygen atoms in total. The minimum absolute atomic E-state index is 0.379. The minimum Gasteiger partial charge on any atom is -0.359 e. The zero-order valence-corrected chi connectivity index (χ0v) is 12.2. The molecule has 5 heteroatoms. The van der Waals surface area contributed by atoms with Gasteiger partial charge in [-0.15, -0.1) is 0 Å². The van der Waals surface area contributed by atoms with Gasteiger partial charge in [0.25, 0.3) is 0 Å². The second-order valence-corrected chi connectivity index (χ2v) is 6.53. The molecular weight excluding hydrogens is 256 g/mol. The lowest BCUT2D eigenvalue weighted by Crippen LogP contribution is -2.45. The molecule has 3 rings (SSSR count). The molecule has 1 aliphatic heterocycles. The highest BCUT2D eigenvalue weighted by Gasteiger charge is 2.37. The van der Waals surface area contributed by atoms with Crippen LogP contribution in [0.4, 0.5) is 0 Å². The van der Waals surface area contributed by atoms with Crippen LogP contribution in [-0.4, -0.2) is 32.8 Å². The van der Waals surface area contributed by atoms with E-state index in [4.69, 9.17) is 4.99 Å². The van der Waals surface area contributed by atoms with Crippen LogP contribution in [0.5, 0.6) is 0 Å². The lowest BCUT2D eigenvalue weighted by Gasteiger charge is -2.32. The van der Waals surface area contributed by atoms with Gasteiger partial charge in [0, 0.05) is 36.8 Å². The van der Waals surface area contributed by atoms with Crippen molar-refractivity contribution in [1.29, 1.82) is 0 Å². The molecule has 0 amide bonds. The summed E-state index contributed by atoms with van der Waals surface area (Å²) in [7, 11) is 0. The number of rotatable bonds is 4. The number of aromatic nitrogens is 2. The van der Waals surface area contributed by atoms with Gasteiger partial charge in [-0.05, 0) is 25.3 Å². The highest BCUT2D eigenvalue weighted by atomic mass is 32.2. The zero-order valence-electron chi connectivity index (χ0n) is 11.3. The van der Waals surface area contributed by atoms with Gasteiger partial charge in [-0.25, -0.2) is 0 Å². The molecule has 1 saturated heterocycles. The Kier molecular flexibility index (Phi) is 4.11. The number of aliphatic imine (C=N–C) groups is 1. The molecule has 0 atom stereocenters. The van der Waals surface area contributed by atoms with Gasteiger partial charge in [0.15, 0.2) is 5.17 Å². The third-order valence-electron chi connectivity index (χ3n) is 4.03. The SMILES string of the molecule is c1cnn(CCCN=C2NC3(CCCCC3)CS2)c1. The van der Waals surface area contributed by atoms with Crippen molar-refractivity contribution in [3.05, 3.63) is 18.5 Å². The van der Waals surface area contributed by atoms with Crippen LogP contribution in [-0.2, 0) is 6.54 Å². The summed E-state index contributed by atoms with van der Waals surface area (Å²) in [6, 6.07) is 1.97. The van der Waals surface area contributed by atoms with Crippen molar-refractivity contribution in [2.24, 2.45) is 4.99 Å². The van der Waals surface area contributed by atoms with Crippen LogP contribution < -0.4 is 5.32 Å². The van der Waals surface area contributed by atoms with Crippen LogP contribution in [0.1, 0.15) is 38.5 Å². The van der Waals surface area contributed by atoms with E-state index < -0.39 is 0 Å². The van der Waals surface area contributed by atoms with Crippen molar-refractivity contribution in [2.45, 2.75) is 50.6 Å². The Morgan fingerprint density at radius 3 is 3.05 bits per heavy atom. The van der Waals surface area contributed by atoms with Gasteiger partial charge in [0.1, 0.15) is 0 Å². The van der Waals surface area contributed by atoms with Crippen molar-refractivity contribution < 1.29 is 0 Å². The number of aryl methyl sites for hydroxylation is 1. The molecular formula is C14H22N4S. The van der Waals surface area contributed by atoms with E-state index in [2.05, 4.69) is 10.4 Å². The highest BCUT2D eigenvalue weighted by molar-refractivity contribution is 8.14. The Labute approximate surface area is 119 Å². The predicted octanol–water partition coefficient (Wildman–Crippen LogP) is 2.67. The first-order valence-corrected chi connectivity index (χ1v) is 8.28. The molecule has 0 unspecified atom stereocenters. The summed E-state index contributed by atoms with van der Waals surface area (Å²) in [5.41, 5.74) is 0.379. The molecule has 2 fully saturated rings. The van der Waals surface area contributed by atoms with E-state index in [0.29, 0.717) is 5.54 Å². The maximum Gasteiger partial charge on any atom is 0.157 e. The smallest absolute Gasteiger partial charge is 0.157 e. The Morgan fingerprint density at radius 1 is 1.37 bits per heavy atom. The third-order valence-corrected chi connectivity index (χ3v) is 5.23. The number of thioether (sulfide) groups is 1. The summed E-state index contributed by atoms with van der Waals surface area (Å²) in [4.78, 5) is 4.70. The number of hydrogen-bond donors (Lipinski definition) is 1. The van der Waals surface area contributed by atoms with Crippen LogP contribution >= 0.6 is 11.8 Å². The van der Waals surface area contributed by atoms with Gasteiger partial charge in [0.2, 0.25) is 0 Å². The largest absolute Gasteiger partial charge is 0.359 e. The van der Waals surface area contributed by atoms with Gasteiger partial charge in [0.05, 0.1) is 0 Å². The fourth-order valence-corrected chi connectivity index (χ4v) is 4.18. The summed E-state index contributed by atoms with van der Waals surface area (Å²) >= 11 is 1.91. The monoisotopic (exact) mass is 278 g/mol. The second-order valence-electron chi connectivity index (χ2n) is 5.56. The minimum atomic E-state index is 0.379. The Bertz CT molecular complexity index is 421. The topological polar surface area (TPSA) is 42.2 Å². The van der Waals surface area contributed by atoms with Crippen LogP contribution in [0.15, 0.2) is 23.5 Å². The molecule has 1 spiro atoms. The molecule has 19 heavy (non-hydrogen) atoms. The Morgan fingerprint density at radius 2 is 2.26 bits per heavy atom. The molecule has 2 aliphatic rings. The summed E-state index contributed by atoms with van der Waals surface area (Å²) < 4.78 is 1.97. The van der Waals surface area contributed by atoms with Crippen LogP contribution in [0, 0.1) is 0 Å². The van der Waals surface area contributed by atoms with Crippen LogP contribution in [0.25, 0.3) is 0 Å². The molecule has 0 bridgehead atoms. The lowest BCUT2D eigenvalue weighted by atomic mass is 9.83. The van der Waals surface area contributed by atoms with Crippen molar-refractivity contribution in [2.75, 3.05) is 12.3 Å². The van der Waals surface area contributed by atoms with Gasteiger partial charge in [-0.1, -0.05) is 31.0 Å². The molecule has 1 N–H and O–H groups in total. The van der Waals surface area contributed by atoms with E-state index >= 15 is 0 Å². The summed E-state index contributed by atoms with van der Waals surface area (Å²) in [6.07, 6.45) is 11.7. The number of nitrogens with zero attached hydrogens (tertiary/aromatic N) is 3. The maximum absolute atomic E-state index is 4.70. The quantitative estimate of drug-likeness (QED) is 0.861. The van der Waals surface area contributed by atoms with E-state index in [-0.39, 0.29) is 0 Å². The number of nitrogens with one attached hydrogen (secondary N) is 1. The fourth-order valence-electron chi connectivity index (χ4n) is 2.93. The van der Waals surface area contributed by atoms with E-state index in [9.17, 15) is 0 Å². The van der Waals surface area contributed by atoms with Gasteiger partial charge < -0.3 is 5.32 Å². The average Bonchev–Trinajstić information content (AvgIpc) is 3.07. The van der Waals surface area contributed by atoms with Gasteiger partial charge in [-0.3, -0.25) is 9.67 Å². The van der Waals surface area contributed by atoms with Gasteiger partial charge >= 0.3 is 0 Å². The summed E-state index contributed by atoms with van der Waals surface area (Å²) in [5, 5.41) is 9.06. The second kappa shape index (κ2) is 5.99. The number of amidine groups is 1. The molecule has 1 aliphatic carbocycles. The van der Waals surface area contributed by atoms with Crippen LogP contribution in [0.2, 0.25) is 0 Å². The molecule has 1 saturated carbocycles. The molecule has 104 valence electrons. The van der Waals surface area contributed by atoms with Crippen molar-refractivity contribution in [3.63, 3.8) is 0 Å². The zero-order chi connectivity index (χ0) is 13.0. The van der Waals surface area contributed by atoms with Crippen LogP contribution in [0.3, 0.4) is 0 Å². The van der Waals surface area contributed by atoms with Crippen molar-refractivity contribution in [1.82, 2.24) is 15.1 Å². The molecule has 2 heterocycles. The van der Waals surface area contributed by atoms with Gasteiger partial charge in [-0.2, -0.15) is 5.10 Å². The van der Waals surface area contributed by atoms with E-state index in [1.165, 1.54) is 43.0 Å². The summed E-state index contributed by atoms with van der Waals surface area (Å²) in [5.74, 6) is 1.21. The summed E-state index contributed by atoms with van der Waals surface area (Å²) in [6.45, 7) is 1.85. The Balaban J connectivity index is 1.44. The normalized spacial score (nSPS) is 23.9. The first kappa shape index (κ1) is 13.0. The standard InChI is InChI=1S/C14H22N4S/c1-2-6-14(7-3-1)12-19-13(17-14)15-8-4-10-18-11-5-9-16-18/h5,9,11H,1-4,6-8,10,12H2,(H,15,17). The number of hydrogen-bond acceptors (Lipinski definition) is 3. The van der Waals surface area contributed by atoms with E-state index in [0.717, 1.165) is 19.5 Å². The van der Waals surface area contributed by atoms with E-state index in [1.807, 2.05) is 34.9 Å². The third kappa shape index (κ3) is 3.32. The first-order valence-electron chi connectivity index (χ1n) is 7.29. The lowest BCUT2D eigenvalue weighted by molar-refractivity contribution is 0.303. The maximum atomic E-state index is 4.70.